The van der Waals surface area contributed by atoms with Crippen molar-refractivity contribution in [2.45, 2.75) is 19.8 Å². The minimum absolute atomic E-state index is 0.665. The van der Waals surface area contributed by atoms with Crippen LogP contribution in [-0.2, 0) is 0 Å². The number of piperidine rings is 1. The molecule has 0 atom stereocenters. The van der Waals surface area contributed by atoms with E-state index in [9.17, 15) is 0 Å². The lowest BCUT2D eigenvalue weighted by atomic mass is 9.99. The zero-order chi connectivity index (χ0) is 18.6. The van der Waals surface area contributed by atoms with Crippen LogP contribution in [0.1, 0.15) is 19.8 Å². The van der Waals surface area contributed by atoms with Gasteiger partial charge in [-0.3, -0.25) is 0 Å². The number of nitrogens with zero attached hydrogens (tertiary/aromatic N) is 5. The van der Waals surface area contributed by atoms with Crippen LogP contribution in [0.5, 0.6) is 0 Å². The van der Waals surface area contributed by atoms with Gasteiger partial charge in [-0.15, -0.1) is 0 Å². The molecule has 6 nitrogen and oxygen atoms in total. The van der Waals surface area contributed by atoms with Gasteiger partial charge >= 0.3 is 0 Å². The summed E-state index contributed by atoms with van der Waals surface area (Å²) in [6, 6.07) is 10.6. The molecule has 6 heteroatoms. The Morgan fingerprint density at radius 1 is 0.889 bits per heavy atom. The van der Waals surface area contributed by atoms with Crippen LogP contribution >= 0.6 is 0 Å². The van der Waals surface area contributed by atoms with Gasteiger partial charge in [-0.25, -0.2) is 4.98 Å². The summed E-state index contributed by atoms with van der Waals surface area (Å²) >= 11 is 0. The minimum atomic E-state index is 0.665. The van der Waals surface area contributed by atoms with Crippen molar-refractivity contribution in [2.24, 2.45) is 5.92 Å². The number of benzene rings is 1. The Kier molecular flexibility index (Phi) is 5.43. The van der Waals surface area contributed by atoms with E-state index < -0.39 is 0 Å². The molecule has 0 spiro atoms. The largest absolute Gasteiger partial charge is 0.369 e. The number of nitrogens with one attached hydrogen (secondary N) is 1. The van der Waals surface area contributed by atoms with Crippen molar-refractivity contribution < 1.29 is 0 Å². The number of piperazine rings is 1. The van der Waals surface area contributed by atoms with Crippen molar-refractivity contribution in [2.75, 3.05) is 61.4 Å². The van der Waals surface area contributed by atoms with E-state index in [1.54, 1.807) is 0 Å². The second-order valence-corrected chi connectivity index (χ2v) is 7.87. The normalized spacial score (nSPS) is 19.3. The van der Waals surface area contributed by atoms with Gasteiger partial charge in [-0.05, 0) is 56.1 Å². The second-order valence-electron chi connectivity index (χ2n) is 7.87. The molecule has 1 aromatic carbocycles. The molecule has 1 N–H and O–H groups in total. The number of hydrogen-bond acceptors (Lipinski definition) is 6. The van der Waals surface area contributed by atoms with Gasteiger partial charge in [0.1, 0.15) is 5.82 Å². The highest BCUT2D eigenvalue weighted by atomic mass is 15.3. The van der Waals surface area contributed by atoms with E-state index in [1.807, 2.05) is 12.3 Å². The van der Waals surface area contributed by atoms with Gasteiger partial charge in [0.05, 0.1) is 0 Å². The van der Waals surface area contributed by atoms with E-state index in [-0.39, 0.29) is 0 Å². The summed E-state index contributed by atoms with van der Waals surface area (Å²) in [4.78, 5) is 16.3. The lowest BCUT2D eigenvalue weighted by Gasteiger charge is -2.34. The predicted octanol–water partition coefficient (Wildman–Crippen LogP) is 3.21. The summed E-state index contributed by atoms with van der Waals surface area (Å²) in [7, 11) is 2.18. The van der Waals surface area contributed by atoms with E-state index in [0.29, 0.717) is 5.95 Å². The third-order valence-electron chi connectivity index (χ3n) is 5.74. The molecule has 3 heterocycles. The quantitative estimate of drug-likeness (QED) is 0.897. The van der Waals surface area contributed by atoms with Crippen LogP contribution in [-0.4, -0.2) is 61.2 Å². The summed E-state index contributed by atoms with van der Waals surface area (Å²) in [5.41, 5.74) is 2.31. The number of anilines is 4. The van der Waals surface area contributed by atoms with Crippen LogP contribution in [0.2, 0.25) is 0 Å². The van der Waals surface area contributed by atoms with Crippen molar-refractivity contribution in [3.8, 4) is 0 Å². The third kappa shape index (κ3) is 4.50. The molecule has 144 valence electrons. The lowest BCUT2D eigenvalue weighted by Crippen LogP contribution is -2.44. The Balaban J connectivity index is 1.39. The predicted molar refractivity (Wildman–Crippen MR) is 112 cm³/mol. The summed E-state index contributed by atoms with van der Waals surface area (Å²) in [5, 5.41) is 3.35. The fourth-order valence-corrected chi connectivity index (χ4v) is 3.77. The molecule has 2 saturated heterocycles. The Hall–Kier alpha value is -2.34. The molecule has 0 bridgehead atoms. The topological polar surface area (TPSA) is 47.5 Å². The number of aromatic nitrogens is 2. The Labute approximate surface area is 162 Å². The molecule has 0 amide bonds. The highest BCUT2D eigenvalue weighted by molar-refractivity contribution is 5.60. The SMILES string of the molecule is CC1CCN(c2ccnc(Nc3ccc(N4CCN(C)CC4)cc3)n2)CC1. The Morgan fingerprint density at radius 2 is 1.59 bits per heavy atom. The monoisotopic (exact) mass is 366 g/mol. The highest BCUT2D eigenvalue weighted by Gasteiger charge is 2.17. The van der Waals surface area contributed by atoms with Crippen LogP contribution < -0.4 is 15.1 Å². The van der Waals surface area contributed by atoms with E-state index in [1.165, 1.54) is 18.5 Å². The maximum Gasteiger partial charge on any atom is 0.229 e. The standard InChI is InChI=1S/C21H30N6/c1-17-8-11-27(12-9-17)20-7-10-22-21(24-20)23-18-3-5-19(6-4-18)26-15-13-25(2)14-16-26/h3-7,10,17H,8-9,11-16H2,1-2H3,(H,22,23,24). The molecule has 2 aliphatic heterocycles. The van der Waals surface area contributed by atoms with Crippen LogP contribution in [0, 0.1) is 5.92 Å². The molecule has 2 aliphatic rings. The van der Waals surface area contributed by atoms with E-state index in [0.717, 1.165) is 56.7 Å². The Morgan fingerprint density at radius 3 is 2.30 bits per heavy atom. The first-order valence-electron chi connectivity index (χ1n) is 10.1. The fourth-order valence-electron chi connectivity index (χ4n) is 3.77. The summed E-state index contributed by atoms with van der Waals surface area (Å²) in [6.07, 6.45) is 4.32. The van der Waals surface area contributed by atoms with E-state index in [4.69, 9.17) is 4.98 Å². The highest BCUT2D eigenvalue weighted by Crippen LogP contribution is 2.24. The first-order valence-corrected chi connectivity index (χ1v) is 10.1. The van der Waals surface area contributed by atoms with Crippen molar-refractivity contribution in [1.29, 1.82) is 0 Å². The van der Waals surface area contributed by atoms with Crippen molar-refractivity contribution in [3.05, 3.63) is 36.5 Å². The van der Waals surface area contributed by atoms with Gasteiger partial charge in [0.25, 0.3) is 0 Å². The molecule has 4 rings (SSSR count). The maximum atomic E-state index is 4.73. The zero-order valence-electron chi connectivity index (χ0n) is 16.4. The fraction of sp³-hybridized carbons (Fsp3) is 0.524. The van der Waals surface area contributed by atoms with Gasteiger partial charge in [0.15, 0.2) is 0 Å². The molecule has 0 aliphatic carbocycles. The van der Waals surface area contributed by atoms with Gasteiger partial charge in [-0.1, -0.05) is 6.92 Å². The van der Waals surface area contributed by atoms with Crippen LogP contribution in [0.4, 0.5) is 23.1 Å². The number of hydrogen-bond donors (Lipinski definition) is 1. The maximum absolute atomic E-state index is 4.73. The average Bonchev–Trinajstić information content (AvgIpc) is 2.70. The van der Waals surface area contributed by atoms with E-state index in [2.05, 4.69) is 63.2 Å². The van der Waals surface area contributed by atoms with E-state index >= 15 is 0 Å². The molecule has 2 aromatic rings. The average molecular weight is 367 g/mol. The lowest BCUT2D eigenvalue weighted by molar-refractivity contribution is 0.313. The zero-order valence-corrected chi connectivity index (χ0v) is 16.4. The summed E-state index contributed by atoms with van der Waals surface area (Å²) < 4.78 is 0. The smallest absolute Gasteiger partial charge is 0.229 e. The van der Waals surface area contributed by atoms with Gasteiger partial charge < -0.3 is 20.0 Å². The molecule has 1 aromatic heterocycles. The minimum Gasteiger partial charge on any atom is -0.369 e. The summed E-state index contributed by atoms with van der Waals surface area (Å²) in [6.45, 7) is 8.91. The number of likely N-dealkylation sites (N-methyl/N-ethyl adjacent to an activating group) is 1. The molecular formula is C21H30N6. The molecular weight excluding hydrogens is 336 g/mol. The third-order valence-corrected chi connectivity index (χ3v) is 5.74. The van der Waals surface area contributed by atoms with Crippen LogP contribution in [0.25, 0.3) is 0 Å². The molecule has 27 heavy (non-hydrogen) atoms. The first kappa shape index (κ1) is 18.0. The Bertz CT molecular complexity index is 731. The van der Waals surface area contributed by atoms with Crippen LogP contribution in [0.15, 0.2) is 36.5 Å². The molecule has 0 radical (unpaired) electrons. The summed E-state index contributed by atoms with van der Waals surface area (Å²) in [5.74, 6) is 2.51. The van der Waals surface area contributed by atoms with Crippen molar-refractivity contribution in [3.63, 3.8) is 0 Å². The first-order chi connectivity index (χ1) is 13.2. The number of rotatable bonds is 4. The van der Waals surface area contributed by atoms with Gasteiger partial charge in [-0.2, -0.15) is 4.98 Å². The van der Waals surface area contributed by atoms with Crippen LogP contribution in [0.3, 0.4) is 0 Å². The second kappa shape index (κ2) is 8.13. The molecule has 0 saturated carbocycles. The van der Waals surface area contributed by atoms with Crippen molar-refractivity contribution >= 4 is 23.1 Å². The van der Waals surface area contributed by atoms with Gasteiger partial charge in [0.2, 0.25) is 5.95 Å². The molecule has 0 unspecified atom stereocenters. The molecule has 2 fully saturated rings. The van der Waals surface area contributed by atoms with Gasteiger partial charge in [0, 0.05) is 56.8 Å². The van der Waals surface area contributed by atoms with Crippen molar-refractivity contribution in [1.82, 2.24) is 14.9 Å².